The van der Waals surface area contributed by atoms with E-state index in [2.05, 4.69) is 14.7 Å². The van der Waals surface area contributed by atoms with Crippen LogP contribution in [0.15, 0.2) is 46.0 Å². The number of ether oxygens (including phenoxy) is 1. The van der Waals surface area contributed by atoms with Crippen molar-refractivity contribution in [3.8, 4) is 0 Å². The van der Waals surface area contributed by atoms with Gasteiger partial charge in [0, 0.05) is 46.9 Å². The molecule has 0 bridgehead atoms. The van der Waals surface area contributed by atoms with Gasteiger partial charge in [0.25, 0.3) is 0 Å². The SMILES string of the molecule is CCOC(=O)C1=C2C[C@H](NS(=O)(=O)CC(F)(F)F)CN2C(c2nccs2)=N[C@H]1c1ccc(F)cc1Cl. The number of aliphatic imine (C=N–C) groups is 1. The second kappa shape index (κ2) is 10.1. The van der Waals surface area contributed by atoms with Crippen LogP contribution in [0.3, 0.4) is 0 Å². The van der Waals surface area contributed by atoms with E-state index >= 15 is 0 Å². The molecule has 15 heteroatoms. The Labute approximate surface area is 212 Å². The van der Waals surface area contributed by atoms with Gasteiger partial charge in [-0.1, -0.05) is 17.7 Å². The van der Waals surface area contributed by atoms with Crippen molar-refractivity contribution in [3.05, 3.63) is 62.5 Å². The van der Waals surface area contributed by atoms with Crippen molar-refractivity contribution < 1.29 is 35.5 Å². The van der Waals surface area contributed by atoms with Crippen LogP contribution in [0.1, 0.15) is 30.0 Å². The first-order chi connectivity index (χ1) is 16.9. The second-order valence-electron chi connectivity index (χ2n) is 7.94. The molecule has 2 aliphatic rings. The fourth-order valence-corrected chi connectivity index (χ4v) is 6.20. The highest BCUT2D eigenvalue weighted by atomic mass is 35.5. The van der Waals surface area contributed by atoms with Crippen molar-refractivity contribution in [1.29, 1.82) is 0 Å². The summed E-state index contributed by atoms with van der Waals surface area (Å²) in [5.41, 5.74) is 0.630. The molecule has 1 aromatic carbocycles. The molecule has 0 saturated carbocycles. The third-order valence-corrected chi connectivity index (χ3v) is 7.83. The predicted octanol–water partition coefficient (Wildman–Crippen LogP) is 3.81. The molecule has 2 aromatic rings. The van der Waals surface area contributed by atoms with Crippen LogP contribution in [-0.2, 0) is 19.6 Å². The molecule has 2 aliphatic heterocycles. The van der Waals surface area contributed by atoms with Gasteiger partial charge in [-0.15, -0.1) is 11.3 Å². The van der Waals surface area contributed by atoms with Crippen LogP contribution in [0.5, 0.6) is 0 Å². The van der Waals surface area contributed by atoms with Crippen LogP contribution < -0.4 is 4.72 Å². The summed E-state index contributed by atoms with van der Waals surface area (Å²) in [6.45, 7) is 1.51. The molecule has 36 heavy (non-hydrogen) atoms. The molecule has 3 heterocycles. The number of alkyl halides is 3. The molecule has 0 spiro atoms. The zero-order valence-electron chi connectivity index (χ0n) is 18.6. The normalized spacial score (nSPS) is 20.4. The van der Waals surface area contributed by atoms with Crippen molar-refractivity contribution in [3.63, 3.8) is 0 Å². The van der Waals surface area contributed by atoms with Gasteiger partial charge in [-0.05, 0) is 19.1 Å². The average molecular weight is 567 g/mol. The minimum absolute atomic E-state index is 0.00138. The smallest absolute Gasteiger partial charge is 0.404 e. The first kappa shape index (κ1) is 26.5. The zero-order valence-corrected chi connectivity index (χ0v) is 20.9. The van der Waals surface area contributed by atoms with Crippen molar-refractivity contribution in [1.82, 2.24) is 14.6 Å². The van der Waals surface area contributed by atoms with Crippen LogP contribution in [0.4, 0.5) is 17.6 Å². The van der Waals surface area contributed by atoms with E-state index < -0.39 is 45.8 Å². The Morgan fingerprint density at radius 3 is 2.72 bits per heavy atom. The summed E-state index contributed by atoms with van der Waals surface area (Å²) in [5.74, 6) is -3.13. The minimum atomic E-state index is -4.93. The Balaban J connectivity index is 1.82. The number of rotatable bonds is 7. The third kappa shape index (κ3) is 5.71. The van der Waals surface area contributed by atoms with E-state index in [4.69, 9.17) is 16.3 Å². The number of esters is 1. The maximum absolute atomic E-state index is 13.7. The number of aromatic nitrogens is 1. The van der Waals surface area contributed by atoms with Gasteiger partial charge in [0.05, 0.1) is 12.2 Å². The number of carbonyl (C=O) groups is 1. The summed E-state index contributed by atoms with van der Waals surface area (Å²) < 4.78 is 83.6. The Bertz CT molecular complexity index is 1330. The lowest BCUT2D eigenvalue weighted by molar-refractivity contribution is -0.139. The summed E-state index contributed by atoms with van der Waals surface area (Å²) in [5, 5.41) is 2.11. The molecule has 8 nitrogen and oxygen atoms in total. The van der Waals surface area contributed by atoms with Crippen LogP contribution >= 0.6 is 22.9 Å². The molecule has 1 fully saturated rings. The van der Waals surface area contributed by atoms with Gasteiger partial charge in [0.15, 0.2) is 16.6 Å². The van der Waals surface area contributed by atoms with E-state index in [1.54, 1.807) is 17.2 Å². The molecule has 1 saturated heterocycles. The highest BCUT2D eigenvalue weighted by Gasteiger charge is 2.44. The summed E-state index contributed by atoms with van der Waals surface area (Å²) in [7, 11) is -4.72. The maximum atomic E-state index is 13.7. The lowest BCUT2D eigenvalue weighted by Gasteiger charge is -2.31. The summed E-state index contributed by atoms with van der Waals surface area (Å²) >= 11 is 7.52. The van der Waals surface area contributed by atoms with Gasteiger partial charge in [0.2, 0.25) is 10.0 Å². The Kier molecular flexibility index (Phi) is 7.42. The lowest BCUT2D eigenvalue weighted by atomic mass is 9.94. The Morgan fingerprint density at radius 2 is 2.11 bits per heavy atom. The topological polar surface area (TPSA) is 101 Å². The highest BCUT2D eigenvalue weighted by Crippen LogP contribution is 2.42. The summed E-state index contributed by atoms with van der Waals surface area (Å²) in [6, 6.07) is 1.55. The van der Waals surface area contributed by atoms with E-state index in [9.17, 15) is 30.8 Å². The van der Waals surface area contributed by atoms with Gasteiger partial charge >= 0.3 is 12.1 Å². The van der Waals surface area contributed by atoms with Crippen LogP contribution in [0, 0.1) is 5.82 Å². The quantitative estimate of drug-likeness (QED) is 0.404. The Morgan fingerprint density at radius 1 is 1.36 bits per heavy atom. The Hall–Kier alpha value is -2.55. The number of carbonyl (C=O) groups excluding carboxylic acids is 1. The molecule has 0 aliphatic carbocycles. The van der Waals surface area contributed by atoms with Crippen molar-refractivity contribution >= 4 is 44.8 Å². The molecule has 0 unspecified atom stereocenters. The predicted molar refractivity (Wildman–Crippen MR) is 125 cm³/mol. The molecule has 4 rings (SSSR count). The first-order valence-corrected chi connectivity index (χ1v) is 13.5. The lowest BCUT2D eigenvalue weighted by Crippen LogP contribution is -2.42. The van der Waals surface area contributed by atoms with Gasteiger partial charge in [-0.25, -0.2) is 27.3 Å². The number of halogens is 5. The number of nitrogens with one attached hydrogen (secondary N) is 1. The van der Waals surface area contributed by atoms with Gasteiger partial charge in [-0.3, -0.25) is 4.99 Å². The van der Waals surface area contributed by atoms with E-state index in [-0.39, 0.29) is 36.0 Å². The van der Waals surface area contributed by atoms with Crippen molar-refractivity contribution in [2.75, 3.05) is 18.9 Å². The minimum Gasteiger partial charge on any atom is -0.463 e. The standard InChI is InChI=1S/C21H19ClF4N4O4S2/c1-2-34-20(31)16-15-8-12(29-36(32,33)10-21(24,25)26)9-30(15)18(19-27-5-6-35-19)28-17(16)13-4-3-11(23)7-14(13)22/h3-7,12,17,29H,2,8-10H2,1H3/t12-,17-/m0/s1. The highest BCUT2D eigenvalue weighted by molar-refractivity contribution is 7.89. The molecular weight excluding hydrogens is 548 g/mol. The molecule has 0 radical (unpaired) electrons. The molecule has 1 N–H and O–H groups in total. The van der Waals surface area contributed by atoms with Crippen molar-refractivity contribution in [2.45, 2.75) is 31.6 Å². The van der Waals surface area contributed by atoms with E-state index in [1.165, 1.54) is 23.6 Å². The van der Waals surface area contributed by atoms with E-state index in [1.807, 2.05) is 0 Å². The number of benzene rings is 1. The molecule has 194 valence electrons. The maximum Gasteiger partial charge on any atom is 0.404 e. The van der Waals surface area contributed by atoms with E-state index in [0.717, 1.165) is 12.1 Å². The van der Waals surface area contributed by atoms with Crippen LogP contribution in [-0.4, -0.2) is 61.2 Å². The van der Waals surface area contributed by atoms with E-state index in [0.29, 0.717) is 16.3 Å². The fourth-order valence-electron chi connectivity index (χ4n) is 4.10. The molecule has 0 amide bonds. The van der Waals surface area contributed by atoms with Gasteiger partial charge < -0.3 is 9.64 Å². The largest absolute Gasteiger partial charge is 0.463 e. The number of thiazole rings is 1. The number of fused-ring (bicyclic) bond motifs is 1. The summed E-state index contributed by atoms with van der Waals surface area (Å²) in [4.78, 5) is 23.5. The van der Waals surface area contributed by atoms with Gasteiger partial charge in [-0.2, -0.15) is 13.2 Å². The number of sulfonamides is 1. The third-order valence-electron chi connectivity index (χ3n) is 5.34. The summed E-state index contributed by atoms with van der Waals surface area (Å²) in [6.07, 6.45) is -3.53. The van der Waals surface area contributed by atoms with Crippen molar-refractivity contribution in [2.24, 2.45) is 4.99 Å². The second-order valence-corrected chi connectivity index (χ2v) is 11.0. The van der Waals surface area contributed by atoms with Crippen LogP contribution in [0.2, 0.25) is 5.02 Å². The van der Waals surface area contributed by atoms with Gasteiger partial charge in [0.1, 0.15) is 11.9 Å². The zero-order chi connectivity index (χ0) is 26.3. The van der Waals surface area contributed by atoms with Crippen LogP contribution in [0.25, 0.3) is 0 Å². The number of hydrogen-bond acceptors (Lipinski definition) is 8. The fraction of sp³-hybridized carbons (Fsp3) is 0.381. The number of amidine groups is 1. The average Bonchev–Trinajstić information content (AvgIpc) is 3.40. The monoisotopic (exact) mass is 566 g/mol. The molecule has 1 aromatic heterocycles. The number of hydrogen-bond donors (Lipinski definition) is 1. The first-order valence-electron chi connectivity index (χ1n) is 10.6. The molecule has 2 atom stereocenters. The number of nitrogens with zero attached hydrogens (tertiary/aromatic N) is 3. The molecular formula is C21H19ClF4N4O4S2.